The highest BCUT2D eigenvalue weighted by Crippen LogP contribution is 2.25. The molecule has 21 heavy (non-hydrogen) atoms. The predicted octanol–water partition coefficient (Wildman–Crippen LogP) is 3.85. The second kappa shape index (κ2) is 5.99. The first-order valence-electron chi connectivity index (χ1n) is 6.20. The fraction of sp³-hybridized carbons (Fsp3) is 0.286. The third kappa shape index (κ3) is 4.34. The molecule has 0 fully saturated rings. The molecule has 1 aromatic carbocycles. The van der Waals surface area contributed by atoms with E-state index >= 15 is 0 Å². The van der Waals surface area contributed by atoms with Gasteiger partial charge in [-0.3, -0.25) is 9.79 Å². The molecular weight excluding hydrogens is 287 g/mol. The van der Waals surface area contributed by atoms with E-state index in [1.54, 1.807) is 0 Å². The van der Waals surface area contributed by atoms with Crippen LogP contribution in [-0.4, -0.2) is 23.5 Å². The molecule has 0 heterocycles. The zero-order chi connectivity index (χ0) is 15.5. The van der Waals surface area contributed by atoms with Crippen molar-refractivity contribution < 1.29 is 27.8 Å². The van der Waals surface area contributed by atoms with Crippen LogP contribution < -0.4 is 4.74 Å². The van der Waals surface area contributed by atoms with Gasteiger partial charge in [-0.25, -0.2) is 0 Å². The zero-order valence-corrected chi connectivity index (χ0v) is 10.9. The van der Waals surface area contributed by atoms with Crippen molar-refractivity contribution in [3.8, 4) is 5.75 Å². The first kappa shape index (κ1) is 15.1. The van der Waals surface area contributed by atoms with E-state index in [0.717, 1.165) is 12.1 Å². The summed E-state index contributed by atoms with van der Waals surface area (Å²) in [7, 11) is 0. The third-order valence-corrected chi connectivity index (χ3v) is 2.84. The molecule has 0 spiro atoms. The first-order valence-corrected chi connectivity index (χ1v) is 6.20. The number of ketones is 1. The monoisotopic (exact) mass is 299 g/mol. The molecule has 0 aliphatic heterocycles. The molecule has 1 aromatic rings. The topological polar surface area (TPSA) is 58.9 Å². The Bertz CT molecular complexity index is 588. The number of carbonyl (C=O) groups excluding carboxylic acids is 1. The predicted molar refractivity (Wildman–Crippen MR) is 69.8 cm³/mol. The van der Waals surface area contributed by atoms with Gasteiger partial charge in [-0.05, 0) is 30.7 Å². The van der Waals surface area contributed by atoms with Crippen molar-refractivity contribution in [1.29, 1.82) is 0 Å². The molecule has 112 valence electrons. The summed E-state index contributed by atoms with van der Waals surface area (Å²) >= 11 is 0. The average molecular weight is 299 g/mol. The molecule has 7 heteroatoms. The summed E-state index contributed by atoms with van der Waals surface area (Å²) in [6.45, 7) is 0. The van der Waals surface area contributed by atoms with E-state index in [4.69, 9.17) is 0 Å². The van der Waals surface area contributed by atoms with Gasteiger partial charge in [0.2, 0.25) is 0 Å². The number of aliphatic hydroxyl groups excluding tert-OH is 1. The lowest BCUT2D eigenvalue weighted by Gasteiger charge is -2.11. The molecule has 0 aromatic heterocycles. The van der Waals surface area contributed by atoms with Gasteiger partial charge in [-0.1, -0.05) is 0 Å². The van der Waals surface area contributed by atoms with Crippen LogP contribution in [0, 0.1) is 0 Å². The molecule has 0 amide bonds. The minimum atomic E-state index is -4.74. The fourth-order valence-corrected chi connectivity index (χ4v) is 1.87. The molecule has 0 saturated heterocycles. The van der Waals surface area contributed by atoms with Crippen molar-refractivity contribution in [2.75, 3.05) is 0 Å². The first-order chi connectivity index (χ1) is 9.85. The van der Waals surface area contributed by atoms with Gasteiger partial charge in [0.25, 0.3) is 0 Å². The van der Waals surface area contributed by atoms with Crippen LogP contribution in [0.2, 0.25) is 0 Å². The number of ether oxygens (including phenoxy) is 1. The lowest BCUT2D eigenvalue weighted by atomic mass is 9.97. The normalized spacial score (nSPS) is 16.6. The molecule has 4 nitrogen and oxygen atoms in total. The Morgan fingerprint density at radius 1 is 1.19 bits per heavy atom. The number of benzene rings is 1. The lowest BCUT2D eigenvalue weighted by Crippen LogP contribution is -2.16. The SMILES string of the molecule is O=C1CCCC(O)=C1C=Nc1ccc(OC(F)(F)F)cc1. The number of Topliss-reactive ketones (excluding diaryl/α,β-unsaturated/α-hetero) is 1. The van der Waals surface area contributed by atoms with Gasteiger partial charge in [0, 0.05) is 19.1 Å². The van der Waals surface area contributed by atoms with Crippen molar-refractivity contribution in [2.45, 2.75) is 25.6 Å². The van der Waals surface area contributed by atoms with E-state index in [1.165, 1.54) is 18.3 Å². The quantitative estimate of drug-likeness (QED) is 0.862. The van der Waals surface area contributed by atoms with Crippen LogP contribution in [0.25, 0.3) is 0 Å². The molecule has 0 atom stereocenters. The van der Waals surface area contributed by atoms with E-state index in [9.17, 15) is 23.1 Å². The Hall–Kier alpha value is -2.31. The number of alkyl halides is 3. The van der Waals surface area contributed by atoms with Crippen molar-refractivity contribution >= 4 is 17.7 Å². The average Bonchev–Trinajstić information content (AvgIpc) is 2.38. The van der Waals surface area contributed by atoms with Crippen LogP contribution in [-0.2, 0) is 4.79 Å². The summed E-state index contributed by atoms with van der Waals surface area (Å²) in [5, 5.41) is 9.61. The largest absolute Gasteiger partial charge is 0.573 e. The van der Waals surface area contributed by atoms with Gasteiger partial charge >= 0.3 is 6.36 Å². The fourth-order valence-electron chi connectivity index (χ4n) is 1.87. The summed E-state index contributed by atoms with van der Waals surface area (Å²) in [5.41, 5.74) is 0.500. The summed E-state index contributed by atoms with van der Waals surface area (Å²) in [6, 6.07) is 4.89. The molecule has 0 saturated carbocycles. The van der Waals surface area contributed by atoms with E-state index < -0.39 is 6.36 Å². The van der Waals surface area contributed by atoms with E-state index in [2.05, 4.69) is 9.73 Å². The Balaban J connectivity index is 2.10. The zero-order valence-electron chi connectivity index (χ0n) is 10.9. The number of nitrogens with zero attached hydrogens (tertiary/aromatic N) is 1. The van der Waals surface area contributed by atoms with Crippen LogP contribution in [0.15, 0.2) is 40.6 Å². The van der Waals surface area contributed by atoms with Crippen LogP contribution in [0.5, 0.6) is 5.75 Å². The number of halogens is 3. The lowest BCUT2D eigenvalue weighted by molar-refractivity contribution is -0.274. The van der Waals surface area contributed by atoms with E-state index in [-0.39, 0.29) is 22.9 Å². The molecule has 1 aliphatic rings. The molecule has 0 bridgehead atoms. The van der Waals surface area contributed by atoms with Gasteiger partial charge in [-0.15, -0.1) is 13.2 Å². The maximum absolute atomic E-state index is 12.0. The summed E-state index contributed by atoms with van der Waals surface area (Å²) in [6.07, 6.45) is -2.13. The Morgan fingerprint density at radius 2 is 1.86 bits per heavy atom. The number of aliphatic hydroxyl groups is 1. The number of carbonyl (C=O) groups is 1. The van der Waals surface area contributed by atoms with Crippen LogP contribution in [0.3, 0.4) is 0 Å². The minimum absolute atomic E-state index is 0.00738. The molecule has 2 rings (SSSR count). The highest BCUT2D eigenvalue weighted by molar-refractivity contribution is 6.14. The maximum atomic E-state index is 12.0. The number of hydrogen-bond acceptors (Lipinski definition) is 4. The van der Waals surface area contributed by atoms with Crippen LogP contribution in [0.1, 0.15) is 19.3 Å². The Kier molecular flexibility index (Phi) is 4.30. The Morgan fingerprint density at radius 3 is 2.43 bits per heavy atom. The second-order valence-corrected chi connectivity index (χ2v) is 4.44. The second-order valence-electron chi connectivity index (χ2n) is 4.44. The van der Waals surface area contributed by atoms with Crippen LogP contribution in [0.4, 0.5) is 18.9 Å². The third-order valence-electron chi connectivity index (χ3n) is 2.84. The van der Waals surface area contributed by atoms with E-state index in [1.807, 2.05) is 0 Å². The molecule has 1 N–H and O–H groups in total. The van der Waals surface area contributed by atoms with Gasteiger partial charge in [0.15, 0.2) is 5.78 Å². The highest BCUT2D eigenvalue weighted by atomic mass is 19.4. The number of allylic oxidation sites excluding steroid dienone is 2. The van der Waals surface area contributed by atoms with Gasteiger partial charge < -0.3 is 9.84 Å². The number of aliphatic imine (C=N–C) groups is 1. The summed E-state index contributed by atoms with van der Waals surface area (Å²) in [4.78, 5) is 15.6. The highest BCUT2D eigenvalue weighted by Gasteiger charge is 2.30. The smallest absolute Gasteiger partial charge is 0.512 e. The summed E-state index contributed by atoms with van der Waals surface area (Å²) < 4.78 is 39.7. The summed E-state index contributed by atoms with van der Waals surface area (Å²) in [5.74, 6) is -0.552. The van der Waals surface area contributed by atoms with Crippen molar-refractivity contribution in [1.82, 2.24) is 0 Å². The molecule has 1 aliphatic carbocycles. The van der Waals surface area contributed by atoms with Crippen molar-refractivity contribution in [3.63, 3.8) is 0 Å². The van der Waals surface area contributed by atoms with Gasteiger partial charge in [0.05, 0.1) is 11.3 Å². The maximum Gasteiger partial charge on any atom is 0.573 e. The molecule has 0 unspecified atom stereocenters. The molecule has 0 radical (unpaired) electrons. The van der Waals surface area contributed by atoms with Crippen LogP contribution >= 0.6 is 0 Å². The Labute approximate surface area is 118 Å². The number of hydrogen-bond donors (Lipinski definition) is 1. The molecular formula is C14H12F3NO3. The van der Waals surface area contributed by atoms with Crippen molar-refractivity contribution in [2.24, 2.45) is 4.99 Å². The standard InChI is InChI=1S/C14H12F3NO3/c15-14(16,17)21-10-6-4-9(5-7-10)18-8-11-12(19)2-1-3-13(11)20/h4-8,19H,1-3H2. The minimum Gasteiger partial charge on any atom is -0.512 e. The van der Waals surface area contributed by atoms with Crippen molar-refractivity contribution in [3.05, 3.63) is 35.6 Å². The van der Waals surface area contributed by atoms with E-state index in [0.29, 0.717) is 24.9 Å². The van der Waals surface area contributed by atoms with Gasteiger partial charge in [-0.2, -0.15) is 0 Å². The van der Waals surface area contributed by atoms with Gasteiger partial charge in [0.1, 0.15) is 11.5 Å². The number of rotatable bonds is 3.